The molecule has 1 N–H and O–H groups in total. The van der Waals surface area contributed by atoms with Gasteiger partial charge in [-0.1, -0.05) is 19.3 Å². The molecule has 1 aromatic heterocycles. The first kappa shape index (κ1) is 16.3. The van der Waals surface area contributed by atoms with Gasteiger partial charge in [-0.15, -0.1) is 0 Å². The lowest BCUT2D eigenvalue weighted by molar-refractivity contribution is 0.199. The highest BCUT2D eigenvalue weighted by atomic mass is 16.5. The molecule has 0 unspecified atom stereocenters. The summed E-state index contributed by atoms with van der Waals surface area (Å²) < 4.78 is 7.13. The molecule has 0 spiro atoms. The molecule has 1 saturated carbocycles. The molecule has 21 heavy (non-hydrogen) atoms. The molecule has 0 radical (unpaired) electrons. The van der Waals surface area contributed by atoms with Crippen molar-refractivity contribution in [2.45, 2.75) is 51.6 Å². The van der Waals surface area contributed by atoms with Crippen molar-refractivity contribution < 1.29 is 4.74 Å². The summed E-state index contributed by atoms with van der Waals surface area (Å²) in [6, 6.07) is 0.659. The Labute approximate surface area is 128 Å². The SMILES string of the molecule is COCCNCc1c(C)nn(C)c1N(C)C1CCCCC1. The topological polar surface area (TPSA) is 42.3 Å². The van der Waals surface area contributed by atoms with Gasteiger partial charge in [0.05, 0.1) is 12.3 Å². The Kier molecular flexibility index (Phi) is 6.06. The Morgan fingerprint density at radius 3 is 2.71 bits per heavy atom. The zero-order chi connectivity index (χ0) is 15.2. The van der Waals surface area contributed by atoms with E-state index in [-0.39, 0.29) is 0 Å². The van der Waals surface area contributed by atoms with Crippen LogP contribution in [0, 0.1) is 6.92 Å². The summed E-state index contributed by atoms with van der Waals surface area (Å²) in [5.41, 5.74) is 2.45. The fraction of sp³-hybridized carbons (Fsp3) is 0.812. The van der Waals surface area contributed by atoms with Crippen molar-refractivity contribution in [3.05, 3.63) is 11.3 Å². The lowest BCUT2D eigenvalue weighted by Gasteiger charge is -2.33. The van der Waals surface area contributed by atoms with Gasteiger partial charge in [0.25, 0.3) is 0 Å². The summed E-state index contributed by atoms with van der Waals surface area (Å²) >= 11 is 0. The fourth-order valence-electron chi connectivity index (χ4n) is 3.37. The number of hydrogen-bond acceptors (Lipinski definition) is 4. The zero-order valence-electron chi connectivity index (χ0n) is 14.0. The molecule has 1 aromatic rings. The maximum absolute atomic E-state index is 5.09. The average molecular weight is 294 g/mol. The molecule has 1 fully saturated rings. The van der Waals surface area contributed by atoms with E-state index >= 15 is 0 Å². The minimum absolute atomic E-state index is 0.659. The minimum atomic E-state index is 0.659. The van der Waals surface area contributed by atoms with Gasteiger partial charge in [-0.2, -0.15) is 5.10 Å². The molecule has 0 atom stereocenters. The molecule has 5 nitrogen and oxygen atoms in total. The number of methoxy groups -OCH3 is 1. The summed E-state index contributed by atoms with van der Waals surface area (Å²) in [7, 11) is 6.02. The highest BCUT2D eigenvalue weighted by molar-refractivity contribution is 5.50. The molecule has 1 aliphatic rings. The van der Waals surface area contributed by atoms with Crippen LogP contribution in [-0.4, -0.2) is 43.1 Å². The highest BCUT2D eigenvalue weighted by Crippen LogP contribution is 2.29. The van der Waals surface area contributed by atoms with Crippen LogP contribution in [0.25, 0.3) is 0 Å². The fourth-order valence-corrected chi connectivity index (χ4v) is 3.37. The Morgan fingerprint density at radius 2 is 2.05 bits per heavy atom. The molecule has 120 valence electrons. The monoisotopic (exact) mass is 294 g/mol. The zero-order valence-corrected chi connectivity index (χ0v) is 14.0. The normalized spacial score (nSPS) is 16.4. The summed E-state index contributed by atoms with van der Waals surface area (Å²) in [6.45, 7) is 4.57. The molecule has 1 heterocycles. The van der Waals surface area contributed by atoms with Crippen molar-refractivity contribution in [2.75, 3.05) is 32.2 Å². The highest BCUT2D eigenvalue weighted by Gasteiger charge is 2.24. The van der Waals surface area contributed by atoms with Crippen molar-refractivity contribution in [3.63, 3.8) is 0 Å². The largest absolute Gasteiger partial charge is 0.383 e. The van der Waals surface area contributed by atoms with E-state index in [4.69, 9.17) is 4.74 Å². The van der Waals surface area contributed by atoms with Gasteiger partial charge in [0, 0.05) is 45.9 Å². The second kappa shape index (κ2) is 7.80. The Hall–Kier alpha value is -1.07. The maximum atomic E-state index is 5.09. The smallest absolute Gasteiger partial charge is 0.131 e. The second-order valence-corrected chi connectivity index (χ2v) is 6.08. The van der Waals surface area contributed by atoms with Crippen molar-refractivity contribution in [2.24, 2.45) is 7.05 Å². The van der Waals surface area contributed by atoms with Crippen LogP contribution in [0.4, 0.5) is 5.82 Å². The molecule has 0 bridgehead atoms. The van der Waals surface area contributed by atoms with E-state index in [9.17, 15) is 0 Å². The van der Waals surface area contributed by atoms with Crippen LogP contribution in [0.3, 0.4) is 0 Å². The van der Waals surface area contributed by atoms with Gasteiger partial charge in [0.1, 0.15) is 5.82 Å². The number of anilines is 1. The third-order valence-electron chi connectivity index (χ3n) is 4.55. The first-order chi connectivity index (χ1) is 10.1. The molecule has 0 saturated heterocycles. The van der Waals surface area contributed by atoms with E-state index in [1.165, 1.54) is 43.5 Å². The van der Waals surface area contributed by atoms with E-state index in [0.717, 1.165) is 25.4 Å². The first-order valence-corrected chi connectivity index (χ1v) is 8.10. The van der Waals surface area contributed by atoms with Crippen molar-refractivity contribution >= 4 is 5.82 Å². The average Bonchev–Trinajstić information content (AvgIpc) is 2.78. The molecule has 0 amide bonds. The predicted octanol–water partition coefficient (Wildman–Crippen LogP) is 2.23. The van der Waals surface area contributed by atoms with Crippen molar-refractivity contribution in [1.82, 2.24) is 15.1 Å². The molecular formula is C16H30N4O. The standard InChI is InChI=1S/C16H30N4O/c1-13-15(12-17-10-11-21-4)16(20(3)18-13)19(2)14-8-6-5-7-9-14/h14,17H,5-12H2,1-4H3. The molecule has 1 aliphatic carbocycles. The van der Waals surface area contributed by atoms with Gasteiger partial charge in [-0.25, -0.2) is 0 Å². The predicted molar refractivity (Wildman–Crippen MR) is 86.8 cm³/mol. The third kappa shape index (κ3) is 3.98. The lowest BCUT2D eigenvalue weighted by Crippen LogP contribution is -2.35. The minimum Gasteiger partial charge on any atom is -0.383 e. The van der Waals surface area contributed by atoms with E-state index in [0.29, 0.717) is 6.04 Å². The van der Waals surface area contributed by atoms with Crippen LogP contribution in [0.1, 0.15) is 43.4 Å². The Bertz CT molecular complexity index is 438. The number of rotatable bonds is 7. The summed E-state index contributed by atoms with van der Waals surface area (Å²) in [5.74, 6) is 1.27. The van der Waals surface area contributed by atoms with Crippen LogP contribution in [0.5, 0.6) is 0 Å². The molecular weight excluding hydrogens is 264 g/mol. The third-order valence-corrected chi connectivity index (χ3v) is 4.55. The van der Waals surface area contributed by atoms with Crippen LogP contribution < -0.4 is 10.2 Å². The quantitative estimate of drug-likeness (QED) is 0.783. The Balaban J connectivity index is 2.09. The van der Waals surface area contributed by atoms with E-state index in [2.05, 4.69) is 36.3 Å². The Morgan fingerprint density at radius 1 is 1.33 bits per heavy atom. The van der Waals surface area contributed by atoms with Gasteiger partial charge >= 0.3 is 0 Å². The number of nitrogens with one attached hydrogen (secondary N) is 1. The second-order valence-electron chi connectivity index (χ2n) is 6.08. The summed E-state index contributed by atoms with van der Waals surface area (Å²) in [4.78, 5) is 2.45. The van der Waals surface area contributed by atoms with Gasteiger partial charge in [0.2, 0.25) is 0 Å². The number of aryl methyl sites for hydroxylation is 2. The van der Waals surface area contributed by atoms with Gasteiger partial charge in [0.15, 0.2) is 0 Å². The molecule has 2 rings (SSSR count). The molecule has 0 aliphatic heterocycles. The van der Waals surface area contributed by atoms with Crippen molar-refractivity contribution in [1.29, 1.82) is 0 Å². The van der Waals surface area contributed by atoms with Crippen LogP contribution in [0.2, 0.25) is 0 Å². The maximum Gasteiger partial charge on any atom is 0.131 e. The van der Waals surface area contributed by atoms with E-state index in [1.54, 1.807) is 7.11 Å². The van der Waals surface area contributed by atoms with Crippen LogP contribution >= 0.6 is 0 Å². The molecule has 0 aromatic carbocycles. The number of ether oxygens (including phenoxy) is 1. The van der Waals surface area contributed by atoms with Crippen molar-refractivity contribution in [3.8, 4) is 0 Å². The summed E-state index contributed by atoms with van der Waals surface area (Å²) in [6.07, 6.45) is 6.70. The molecule has 5 heteroatoms. The van der Waals surface area contributed by atoms with E-state index in [1.807, 2.05) is 4.68 Å². The van der Waals surface area contributed by atoms with Gasteiger partial charge < -0.3 is 15.0 Å². The first-order valence-electron chi connectivity index (χ1n) is 8.10. The van der Waals surface area contributed by atoms with Crippen LogP contribution in [0.15, 0.2) is 0 Å². The number of nitrogens with zero attached hydrogens (tertiary/aromatic N) is 3. The van der Waals surface area contributed by atoms with Crippen LogP contribution in [-0.2, 0) is 18.3 Å². The number of hydrogen-bond donors (Lipinski definition) is 1. The lowest BCUT2D eigenvalue weighted by atomic mass is 9.94. The number of aromatic nitrogens is 2. The summed E-state index contributed by atoms with van der Waals surface area (Å²) in [5, 5.41) is 8.08. The van der Waals surface area contributed by atoms with Gasteiger partial charge in [-0.3, -0.25) is 4.68 Å². The van der Waals surface area contributed by atoms with Gasteiger partial charge in [-0.05, 0) is 19.8 Å². The van der Waals surface area contributed by atoms with E-state index < -0.39 is 0 Å².